The number of aromatic amines is 1. The molecule has 1 aliphatic heterocycles. The monoisotopic (exact) mass is 424 g/mol. The number of thioether (sulfide) groups is 1. The molecule has 2 atom stereocenters. The van der Waals surface area contributed by atoms with Crippen LogP contribution in [0.4, 0.5) is 0 Å². The summed E-state index contributed by atoms with van der Waals surface area (Å²) in [6.07, 6.45) is 2.50. The fourth-order valence-electron chi connectivity index (χ4n) is 3.54. The lowest BCUT2D eigenvalue weighted by atomic mass is 10.1. The highest BCUT2D eigenvalue weighted by Crippen LogP contribution is 2.36. The van der Waals surface area contributed by atoms with Crippen molar-refractivity contribution in [1.82, 2.24) is 19.7 Å². The molecule has 0 unspecified atom stereocenters. The second-order valence-corrected chi connectivity index (χ2v) is 8.56. The highest BCUT2D eigenvalue weighted by Gasteiger charge is 2.34. The molecule has 0 spiro atoms. The Hall–Kier alpha value is -2.77. The van der Waals surface area contributed by atoms with Crippen LogP contribution in [0.2, 0.25) is 5.02 Å². The summed E-state index contributed by atoms with van der Waals surface area (Å²) in [6, 6.07) is 15.5. The normalized spacial score (nSPS) is 19.0. The second-order valence-electron chi connectivity index (χ2n) is 6.96. The number of carbonyl (C=O) groups excluding carboxylic acids is 1. The van der Waals surface area contributed by atoms with E-state index < -0.39 is 0 Å². The molecule has 0 saturated carbocycles. The third-order valence-electron chi connectivity index (χ3n) is 4.92. The number of benzene rings is 2. The van der Waals surface area contributed by atoms with Gasteiger partial charge in [0.15, 0.2) is 11.0 Å². The molecule has 2 aromatic heterocycles. The number of carbonyl (C=O) groups is 1. The maximum absolute atomic E-state index is 12.2. The number of aromatic nitrogens is 4. The maximum Gasteiger partial charge on any atom is 0.319 e. The largest absolute Gasteiger partial charge is 0.462 e. The highest BCUT2D eigenvalue weighted by atomic mass is 35.5. The van der Waals surface area contributed by atoms with Gasteiger partial charge in [0.05, 0.1) is 0 Å². The molecule has 146 valence electrons. The third kappa shape index (κ3) is 3.30. The number of rotatable bonds is 4. The first kappa shape index (κ1) is 18.3. The van der Waals surface area contributed by atoms with E-state index in [2.05, 4.69) is 15.2 Å². The van der Waals surface area contributed by atoms with Crippen molar-refractivity contribution in [2.24, 2.45) is 0 Å². The van der Waals surface area contributed by atoms with E-state index in [0.717, 1.165) is 22.2 Å². The zero-order chi connectivity index (χ0) is 20.0. The molecule has 6 nitrogen and oxygen atoms in total. The first-order valence-corrected chi connectivity index (χ1v) is 10.5. The van der Waals surface area contributed by atoms with Crippen LogP contribution in [0.15, 0.2) is 59.9 Å². The summed E-state index contributed by atoms with van der Waals surface area (Å²) in [5.41, 5.74) is 2.84. The Labute approximate surface area is 176 Å². The van der Waals surface area contributed by atoms with E-state index in [1.165, 1.54) is 11.8 Å². The molecule has 1 fully saturated rings. The van der Waals surface area contributed by atoms with Gasteiger partial charge in [-0.1, -0.05) is 41.6 Å². The van der Waals surface area contributed by atoms with Crippen LogP contribution in [-0.4, -0.2) is 37.1 Å². The van der Waals surface area contributed by atoms with Crippen LogP contribution >= 0.6 is 23.4 Å². The molecule has 1 aliphatic rings. The first-order valence-electron chi connectivity index (χ1n) is 9.25. The Morgan fingerprint density at radius 1 is 1.17 bits per heavy atom. The van der Waals surface area contributed by atoms with Gasteiger partial charge >= 0.3 is 5.97 Å². The molecule has 5 rings (SSSR count). The van der Waals surface area contributed by atoms with Crippen LogP contribution in [0.1, 0.15) is 13.3 Å². The number of halogens is 1. The smallest absolute Gasteiger partial charge is 0.319 e. The SMILES string of the molecule is C[C@H]1C[C@@H](Sc2nnc(-c3c[nH]c4ccccc34)n2-c2ccc(Cl)cc2)C(=O)O1. The van der Waals surface area contributed by atoms with Gasteiger partial charge < -0.3 is 9.72 Å². The molecular formula is C21H17ClN4O2S. The van der Waals surface area contributed by atoms with Gasteiger partial charge in [-0.15, -0.1) is 10.2 Å². The Morgan fingerprint density at radius 2 is 1.97 bits per heavy atom. The maximum atomic E-state index is 12.2. The molecule has 2 aromatic carbocycles. The van der Waals surface area contributed by atoms with Crippen molar-refractivity contribution in [3.05, 3.63) is 59.8 Å². The van der Waals surface area contributed by atoms with Crippen molar-refractivity contribution in [3.8, 4) is 17.1 Å². The quantitative estimate of drug-likeness (QED) is 0.473. The van der Waals surface area contributed by atoms with Gasteiger partial charge in [0.1, 0.15) is 11.4 Å². The van der Waals surface area contributed by atoms with E-state index >= 15 is 0 Å². The van der Waals surface area contributed by atoms with Crippen molar-refractivity contribution in [1.29, 1.82) is 0 Å². The number of nitrogens with zero attached hydrogens (tertiary/aromatic N) is 3. The zero-order valence-corrected chi connectivity index (χ0v) is 17.1. The Balaban J connectivity index is 1.64. The number of esters is 1. The lowest BCUT2D eigenvalue weighted by Gasteiger charge is -2.11. The number of para-hydroxylation sites is 1. The van der Waals surface area contributed by atoms with E-state index in [4.69, 9.17) is 16.3 Å². The number of fused-ring (bicyclic) bond motifs is 1. The second kappa shape index (κ2) is 7.24. The van der Waals surface area contributed by atoms with Crippen LogP contribution in [-0.2, 0) is 9.53 Å². The van der Waals surface area contributed by atoms with E-state index in [-0.39, 0.29) is 17.3 Å². The van der Waals surface area contributed by atoms with Gasteiger partial charge in [0, 0.05) is 39.8 Å². The number of H-pyrrole nitrogens is 1. The van der Waals surface area contributed by atoms with Crippen molar-refractivity contribution in [2.75, 3.05) is 0 Å². The van der Waals surface area contributed by atoms with Gasteiger partial charge in [0.2, 0.25) is 0 Å². The standard InChI is InChI=1S/C21H17ClN4O2S/c1-12-10-18(20(27)28-12)29-21-25-24-19(26(21)14-8-6-13(22)7-9-14)16-11-23-17-5-3-2-4-15(16)17/h2-9,11-12,18,23H,10H2,1H3/t12-,18+/m0/s1. The molecule has 8 heteroatoms. The molecule has 29 heavy (non-hydrogen) atoms. The van der Waals surface area contributed by atoms with Crippen molar-refractivity contribution < 1.29 is 9.53 Å². The number of ether oxygens (including phenoxy) is 1. The summed E-state index contributed by atoms with van der Waals surface area (Å²) < 4.78 is 7.27. The number of hydrogen-bond donors (Lipinski definition) is 1. The average Bonchev–Trinajstić information content (AvgIpc) is 3.40. The Morgan fingerprint density at radius 3 is 2.72 bits per heavy atom. The summed E-state index contributed by atoms with van der Waals surface area (Å²) in [5, 5.41) is 11.0. The Bertz CT molecular complexity index is 1200. The van der Waals surface area contributed by atoms with Crippen molar-refractivity contribution in [3.63, 3.8) is 0 Å². The zero-order valence-electron chi connectivity index (χ0n) is 15.5. The molecule has 0 aliphatic carbocycles. The molecule has 3 heterocycles. The summed E-state index contributed by atoms with van der Waals surface area (Å²) in [4.78, 5) is 15.5. The number of hydrogen-bond acceptors (Lipinski definition) is 5. The molecular weight excluding hydrogens is 408 g/mol. The van der Waals surface area contributed by atoms with E-state index in [0.29, 0.717) is 22.4 Å². The molecule has 1 N–H and O–H groups in total. The van der Waals surface area contributed by atoms with Gasteiger partial charge in [-0.05, 0) is 37.3 Å². The Kier molecular flexibility index (Phi) is 4.56. The van der Waals surface area contributed by atoms with Crippen LogP contribution in [0.3, 0.4) is 0 Å². The topological polar surface area (TPSA) is 72.8 Å². The van der Waals surface area contributed by atoms with Gasteiger partial charge in [0.25, 0.3) is 0 Å². The minimum absolute atomic E-state index is 0.0833. The van der Waals surface area contributed by atoms with Crippen LogP contribution in [0.25, 0.3) is 28.0 Å². The fourth-order valence-corrected chi connectivity index (χ4v) is 4.83. The lowest BCUT2D eigenvalue weighted by molar-refractivity contribution is -0.140. The summed E-state index contributed by atoms with van der Waals surface area (Å²) in [5.74, 6) is 0.494. The fraction of sp³-hybridized carbons (Fsp3) is 0.190. The van der Waals surface area contributed by atoms with Crippen molar-refractivity contribution >= 4 is 40.2 Å². The molecule has 0 bridgehead atoms. The average molecular weight is 425 g/mol. The van der Waals surface area contributed by atoms with E-state index in [1.807, 2.05) is 66.2 Å². The lowest BCUT2D eigenvalue weighted by Crippen LogP contribution is -2.11. The molecule has 1 saturated heterocycles. The van der Waals surface area contributed by atoms with Crippen LogP contribution in [0.5, 0.6) is 0 Å². The summed E-state index contributed by atoms with van der Waals surface area (Å²) in [6.45, 7) is 1.90. The number of nitrogens with one attached hydrogen (secondary N) is 1. The minimum atomic E-state index is -0.295. The predicted molar refractivity (Wildman–Crippen MR) is 113 cm³/mol. The van der Waals surface area contributed by atoms with E-state index in [1.54, 1.807) is 0 Å². The van der Waals surface area contributed by atoms with Gasteiger partial charge in [-0.3, -0.25) is 9.36 Å². The summed E-state index contributed by atoms with van der Waals surface area (Å²) >= 11 is 7.47. The number of cyclic esters (lactones) is 1. The highest BCUT2D eigenvalue weighted by molar-refractivity contribution is 8.00. The third-order valence-corrected chi connectivity index (χ3v) is 6.32. The van der Waals surface area contributed by atoms with Gasteiger partial charge in [-0.25, -0.2) is 0 Å². The van der Waals surface area contributed by atoms with Crippen molar-refractivity contribution in [2.45, 2.75) is 29.9 Å². The molecule has 0 amide bonds. The van der Waals surface area contributed by atoms with E-state index in [9.17, 15) is 4.79 Å². The first-order chi connectivity index (χ1) is 14.1. The van der Waals surface area contributed by atoms with Crippen LogP contribution < -0.4 is 0 Å². The summed E-state index contributed by atoms with van der Waals surface area (Å²) in [7, 11) is 0. The molecule has 4 aromatic rings. The predicted octanol–water partition coefficient (Wildman–Crippen LogP) is 4.87. The molecule has 0 radical (unpaired) electrons. The minimum Gasteiger partial charge on any atom is -0.462 e. The van der Waals surface area contributed by atoms with Gasteiger partial charge in [-0.2, -0.15) is 0 Å². The van der Waals surface area contributed by atoms with Crippen LogP contribution in [0, 0.1) is 0 Å².